The zero-order valence-corrected chi connectivity index (χ0v) is 7.63. The van der Waals surface area contributed by atoms with Crippen LogP contribution in [0.15, 0.2) is 5.16 Å². The topological polar surface area (TPSA) is 96.2 Å². The third-order valence-electron chi connectivity index (χ3n) is 0.709. The summed E-state index contributed by atoms with van der Waals surface area (Å²) in [6, 6.07) is 0. The molecule has 0 atom stereocenters. The molecule has 0 bridgehead atoms. The van der Waals surface area contributed by atoms with E-state index in [4.69, 9.17) is 16.6 Å². The number of terminal acetylenes is 1. The third-order valence-corrected chi connectivity index (χ3v) is 0.709. The van der Waals surface area contributed by atoms with Gasteiger partial charge in [-0.3, -0.25) is 0 Å². The monoisotopic (exact) mass is 278 g/mol. The van der Waals surface area contributed by atoms with Crippen LogP contribution in [-0.4, -0.2) is 34.5 Å². The van der Waals surface area contributed by atoms with Gasteiger partial charge in [-0.1, -0.05) is 11.1 Å². The normalized spacial score (nSPS) is 7.31. The summed E-state index contributed by atoms with van der Waals surface area (Å²) in [7, 11) is 0. The molecule has 0 aromatic heterocycles. The van der Waals surface area contributed by atoms with Crippen LogP contribution in [0.1, 0.15) is 0 Å². The summed E-state index contributed by atoms with van der Waals surface area (Å²) in [6.45, 7) is -0.274. The number of aliphatic carboxylic acids is 2. The predicted octanol–water partition coefficient (Wildman–Crippen LogP) is -0.841. The van der Waals surface area contributed by atoms with Crippen molar-refractivity contribution in [3.63, 3.8) is 0 Å². The first-order valence-corrected chi connectivity index (χ1v) is 2.69. The van der Waals surface area contributed by atoms with E-state index in [-0.39, 0.29) is 29.0 Å². The van der Waals surface area contributed by atoms with Crippen molar-refractivity contribution in [1.82, 2.24) is 0 Å². The molecule has 6 nitrogen and oxygen atoms in total. The maximum absolute atomic E-state index is 10.1. The van der Waals surface area contributed by atoms with Crippen molar-refractivity contribution in [3.05, 3.63) is 0 Å². The number of hydrogen-bond donors (Lipinski definition) is 2. The van der Waals surface area contributed by atoms with Gasteiger partial charge in [0.25, 0.3) is 5.71 Å². The van der Waals surface area contributed by atoms with Crippen LogP contribution in [0.2, 0.25) is 0 Å². The van der Waals surface area contributed by atoms with Gasteiger partial charge in [-0.05, 0) is 0 Å². The molecule has 0 saturated heterocycles. The number of carboxylic acids is 2. The first-order chi connectivity index (χ1) is 5.59. The fourth-order valence-electron chi connectivity index (χ4n) is 0.304. The first-order valence-electron chi connectivity index (χ1n) is 2.69. The molecule has 75 valence electrons. The maximum Gasteiger partial charge on any atom is 0.365 e. The number of nitrogens with zero attached hydrogens (tertiary/aromatic N) is 1. The average molecular weight is 279 g/mol. The zero-order valence-electron chi connectivity index (χ0n) is 6.15. The minimum atomic E-state index is -1.68. The molecule has 0 rings (SSSR count). The third kappa shape index (κ3) is 5.93. The summed E-state index contributed by atoms with van der Waals surface area (Å²) in [5.41, 5.74) is -1.11. The SMILES string of the molecule is C#CCON=C(C(=O)O)C(=O)O.[Ag]. The average Bonchev–Trinajstić information content (AvgIpc) is 1.96. The second kappa shape index (κ2) is 7.36. The van der Waals surface area contributed by atoms with E-state index < -0.39 is 17.7 Å². The fourth-order valence-corrected chi connectivity index (χ4v) is 0.304. The van der Waals surface area contributed by atoms with Crippen molar-refractivity contribution in [2.45, 2.75) is 0 Å². The van der Waals surface area contributed by atoms with Gasteiger partial charge in [0.2, 0.25) is 0 Å². The number of carbonyl (C=O) groups is 2. The Morgan fingerprint density at radius 3 is 2.15 bits per heavy atom. The molecule has 0 aromatic carbocycles. The Kier molecular flexibility index (Phi) is 8.07. The van der Waals surface area contributed by atoms with Crippen LogP contribution in [0.25, 0.3) is 0 Å². The van der Waals surface area contributed by atoms with Gasteiger partial charge in [-0.2, -0.15) is 0 Å². The molecule has 2 N–H and O–H groups in total. The Morgan fingerprint density at radius 2 is 1.85 bits per heavy atom. The van der Waals surface area contributed by atoms with E-state index in [0.717, 1.165) is 0 Å². The predicted molar refractivity (Wildman–Crippen MR) is 37.5 cm³/mol. The summed E-state index contributed by atoms with van der Waals surface area (Å²) >= 11 is 0. The van der Waals surface area contributed by atoms with E-state index in [0.29, 0.717) is 0 Å². The molecule has 0 amide bonds. The molecule has 0 heterocycles. The van der Waals surface area contributed by atoms with Gasteiger partial charge >= 0.3 is 11.9 Å². The summed E-state index contributed by atoms with van der Waals surface area (Å²) in [5.74, 6) is -1.38. The van der Waals surface area contributed by atoms with E-state index in [1.165, 1.54) is 0 Å². The van der Waals surface area contributed by atoms with Gasteiger partial charge in [-0.15, -0.1) is 6.42 Å². The van der Waals surface area contributed by atoms with Gasteiger partial charge in [0.15, 0.2) is 6.61 Å². The summed E-state index contributed by atoms with van der Waals surface area (Å²) in [6.07, 6.45) is 4.73. The molecular weight excluding hydrogens is 274 g/mol. The molecular formula is C6H5AgNO5. The van der Waals surface area contributed by atoms with Crippen molar-refractivity contribution in [2.75, 3.05) is 6.61 Å². The molecule has 0 aliphatic carbocycles. The zero-order chi connectivity index (χ0) is 9.56. The van der Waals surface area contributed by atoms with Crippen LogP contribution in [0.4, 0.5) is 0 Å². The summed E-state index contributed by atoms with van der Waals surface area (Å²) in [4.78, 5) is 24.3. The van der Waals surface area contributed by atoms with E-state index in [9.17, 15) is 9.59 Å². The molecule has 0 aliphatic heterocycles. The molecule has 0 fully saturated rings. The number of rotatable bonds is 4. The molecule has 0 unspecified atom stereocenters. The molecule has 7 heteroatoms. The Balaban J connectivity index is 0. The molecule has 0 spiro atoms. The van der Waals surface area contributed by atoms with Gasteiger partial charge in [0.1, 0.15) is 0 Å². The van der Waals surface area contributed by atoms with Crippen molar-refractivity contribution in [1.29, 1.82) is 0 Å². The van der Waals surface area contributed by atoms with Crippen LogP contribution >= 0.6 is 0 Å². The van der Waals surface area contributed by atoms with E-state index in [1.54, 1.807) is 0 Å². The maximum atomic E-state index is 10.1. The van der Waals surface area contributed by atoms with Crippen molar-refractivity contribution in [3.8, 4) is 12.3 Å². The second-order valence-corrected chi connectivity index (χ2v) is 1.53. The van der Waals surface area contributed by atoms with Gasteiger partial charge in [-0.25, -0.2) is 9.59 Å². The molecule has 0 aliphatic rings. The Bertz CT molecular complexity index is 251. The molecule has 13 heavy (non-hydrogen) atoms. The van der Waals surface area contributed by atoms with Gasteiger partial charge < -0.3 is 15.1 Å². The van der Waals surface area contributed by atoms with Gasteiger partial charge in [0, 0.05) is 22.4 Å². The van der Waals surface area contributed by atoms with E-state index >= 15 is 0 Å². The largest absolute Gasteiger partial charge is 0.476 e. The number of oxime groups is 1. The van der Waals surface area contributed by atoms with Crippen molar-refractivity contribution in [2.24, 2.45) is 5.16 Å². The van der Waals surface area contributed by atoms with Gasteiger partial charge in [0.05, 0.1) is 0 Å². The Hall–Kier alpha value is -1.29. The smallest absolute Gasteiger partial charge is 0.365 e. The van der Waals surface area contributed by atoms with Crippen LogP contribution in [0.5, 0.6) is 0 Å². The second-order valence-electron chi connectivity index (χ2n) is 1.53. The minimum Gasteiger partial charge on any atom is -0.476 e. The van der Waals surface area contributed by atoms with E-state index in [2.05, 4.69) is 9.99 Å². The fraction of sp³-hybridized carbons (Fsp3) is 0.167. The van der Waals surface area contributed by atoms with Crippen LogP contribution < -0.4 is 0 Å². The van der Waals surface area contributed by atoms with Crippen LogP contribution in [0, 0.1) is 12.3 Å². The van der Waals surface area contributed by atoms with Crippen LogP contribution in [-0.2, 0) is 36.8 Å². The van der Waals surface area contributed by atoms with E-state index in [1.807, 2.05) is 5.92 Å². The molecule has 1 radical (unpaired) electrons. The summed E-state index contributed by atoms with van der Waals surface area (Å²) < 4.78 is 0. The Labute approximate surface area is 89.1 Å². The van der Waals surface area contributed by atoms with Crippen LogP contribution in [0.3, 0.4) is 0 Å². The van der Waals surface area contributed by atoms with Crippen molar-refractivity contribution < 1.29 is 47.0 Å². The minimum absolute atomic E-state index is 0. The number of hydrogen-bond acceptors (Lipinski definition) is 4. The first kappa shape index (κ1) is 14.2. The van der Waals surface area contributed by atoms with Crippen molar-refractivity contribution >= 4 is 17.7 Å². The Morgan fingerprint density at radius 1 is 1.38 bits per heavy atom. The summed E-state index contributed by atoms with van der Waals surface area (Å²) in [5, 5.41) is 19.2. The molecule has 0 saturated carbocycles. The number of carboxylic acid groups (broad SMARTS) is 2. The molecule has 0 aromatic rings. The quantitative estimate of drug-likeness (QED) is 0.175. The standard InChI is InChI=1S/C6H5NO5.Ag/c1-2-3-12-7-4(5(8)9)6(10)11;/h1H,3H2,(H,8,9)(H,10,11);.